The molecule has 0 radical (unpaired) electrons. The number of nitrogens with one attached hydrogen (secondary N) is 1. The standard InChI is InChI=1S/C16H15N5O4S/c1-9-17-14-8-13(19-16(22)11-2-3-11)18-15(21(14)20-9)10-4-6-12(7-5-10)26(23,24)25/h4-8,11H,2-3H2,1H3,(H,19,22)(H,23,24,25). The summed E-state index contributed by atoms with van der Waals surface area (Å²) in [6, 6.07) is 7.20. The Labute approximate surface area is 148 Å². The maximum absolute atomic E-state index is 12.0. The van der Waals surface area contributed by atoms with Crippen LogP contribution < -0.4 is 5.32 Å². The Kier molecular flexibility index (Phi) is 3.74. The Hall–Kier alpha value is -2.85. The van der Waals surface area contributed by atoms with Gasteiger partial charge in [-0.2, -0.15) is 12.9 Å². The minimum atomic E-state index is -4.28. The minimum Gasteiger partial charge on any atom is -0.310 e. The molecule has 1 aliphatic rings. The lowest BCUT2D eigenvalue weighted by Crippen LogP contribution is -2.15. The summed E-state index contributed by atoms with van der Waals surface area (Å²) in [6.45, 7) is 1.74. The van der Waals surface area contributed by atoms with Crippen LogP contribution in [0.3, 0.4) is 0 Å². The van der Waals surface area contributed by atoms with Gasteiger partial charge in [-0.25, -0.2) is 9.97 Å². The highest BCUT2D eigenvalue weighted by Gasteiger charge is 2.30. The summed E-state index contributed by atoms with van der Waals surface area (Å²) < 4.78 is 33.0. The molecule has 2 aromatic heterocycles. The van der Waals surface area contributed by atoms with Crippen molar-refractivity contribution >= 4 is 27.5 Å². The number of anilines is 1. The smallest absolute Gasteiger partial charge is 0.294 e. The third kappa shape index (κ3) is 3.16. The van der Waals surface area contributed by atoms with Crippen molar-refractivity contribution in [3.63, 3.8) is 0 Å². The summed E-state index contributed by atoms with van der Waals surface area (Å²) in [5, 5.41) is 7.08. The van der Waals surface area contributed by atoms with Crippen LogP contribution in [-0.2, 0) is 14.9 Å². The van der Waals surface area contributed by atoms with Crippen LogP contribution >= 0.6 is 0 Å². The topological polar surface area (TPSA) is 127 Å². The second-order valence-corrected chi connectivity index (χ2v) is 7.58. The van der Waals surface area contributed by atoms with E-state index >= 15 is 0 Å². The summed E-state index contributed by atoms with van der Waals surface area (Å²) in [4.78, 5) is 20.6. The second kappa shape index (κ2) is 5.85. The highest BCUT2D eigenvalue weighted by molar-refractivity contribution is 7.85. The third-order valence-electron chi connectivity index (χ3n) is 4.04. The second-order valence-electron chi connectivity index (χ2n) is 6.16. The molecule has 2 N–H and O–H groups in total. The number of aryl methyl sites for hydroxylation is 1. The van der Waals surface area contributed by atoms with Gasteiger partial charge in [0, 0.05) is 17.5 Å². The number of benzene rings is 1. The summed E-state index contributed by atoms with van der Waals surface area (Å²) in [6.07, 6.45) is 1.75. The maximum atomic E-state index is 12.0. The van der Waals surface area contributed by atoms with E-state index in [9.17, 15) is 13.2 Å². The van der Waals surface area contributed by atoms with E-state index in [1.165, 1.54) is 28.8 Å². The molecule has 0 spiro atoms. The van der Waals surface area contributed by atoms with Gasteiger partial charge in [0.1, 0.15) is 11.6 Å². The van der Waals surface area contributed by atoms with Crippen molar-refractivity contribution < 1.29 is 17.8 Å². The van der Waals surface area contributed by atoms with Gasteiger partial charge in [-0.05, 0) is 44.0 Å². The van der Waals surface area contributed by atoms with Crippen molar-refractivity contribution in [2.24, 2.45) is 5.92 Å². The van der Waals surface area contributed by atoms with E-state index in [0.29, 0.717) is 28.7 Å². The van der Waals surface area contributed by atoms with Gasteiger partial charge in [-0.1, -0.05) is 0 Å². The fourth-order valence-electron chi connectivity index (χ4n) is 2.60. The Balaban J connectivity index is 1.80. The van der Waals surface area contributed by atoms with Crippen LogP contribution in [0.2, 0.25) is 0 Å². The summed E-state index contributed by atoms with van der Waals surface area (Å²) in [5.74, 6) is 1.25. The zero-order chi connectivity index (χ0) is 18.5. The van der Waals surface area contributed by atoms with E-state index in [1.54, 1.807) is 13.0 Å². The van der Waals surface area contributed by atoms with Crippen molar-refractivity contribution in [2.45, 2.75) is 24.7 Å². The van der Waals surface area contributed by atoms with Gasteiger partial charge < -0.3 is 5.32 Å². The van der Waals surface area contributed by atoms with Gasteiger partial charge in [-0.15, -0.1) is 5.10 Å². The molecular formula is C16H15N5O4S. The Morgan fingerprint density at radius 3 is 2.54 bits per heavy atom. The van der Waals surface area contributed by atoms with E-state index in [2.05, 4.69) is 20.4 Å². The van der Waals surface area contributed by atoms with Crippen molar-refractivity contribution in [1.82, 2.24) is 19.6 Å². The van der Waals surface area contributed by atoms with E-state index in [-0.39, 0.29) is 16.7 Å². The number of carbonyl (C=O) groups is 1. The number of rotatable bonds is 4. The predicted octanol–water partition coefficient (Wildman–Crippen LogP) is 1.69. The first-order valence-corrected chi connectivity index (χ1v) is 9.38. The Morgan fingerprint density at radius 1 is 1.23 bits per heavy atom. The molecule has 0 saturated heterocycles. The van der Waals surface area contributed by atoms with Crippen molar-refractivity contribution in [1.29, 1.82) is 0 Å². The molecule has 0 aliphatic heterocycles. The molecule has 4 rings (SSSR count). The lowest BCUT2D eigenvalue weighted by atomic mass is 10.2. The van der Waals surface area contributed by atoms with E-state index in [0.717, 1.165) is 12.8 Å². The van der Waals surface area contributed by atoms with E-state index < -0.39 is 10.1 Å². The van der Waals surface area contributed by atoms with Crippen LogP contribution in [0.15, 0.2) is 35.2 Å². The molecule has 2 heterocycles. The molecule has 10 heteroatoms. The highest BCUT2D eigenvalue weighted by Crippen LogP contribution is 2.30. The van der Waals surface area contributed by atoms with Gasteiger partial charge >= 0.3 is 0 Å². The monoisotopic (exact) mass is 373 g/mol. The van der Waals surface area contributed by atoms with Crippen LogP contribution in [-0.4, -0.2) is 38.5 Å². The molecule has 1 aromatic carbocycles. The number of fused-ring (bicyclic) bond motifs is 1. The van der Waals surface area contributed by atoms with Gasteiger partial charge in [0.05, 0.1) is 4.90 Å². The van der Waals surface area contributed by atoms with Gasteiger partial charge in [0.2, 0.25) is 5.91 Å². The van der Waals surface area contributed by atoms with E-state index in [1.807, 2.05) is 0 Å². The van der Waals surface area contributed by atoms with Gasteiger partial charge in [-0.3, -0.25) is 9.35 Å². The molecular weight excluding hydrogens is 358 g/mol. The lowest BCUT2D eigenvalue weighted by Gasteiger charge is -2.08. The molecule has 26 heavy (non-hydrogen) atoms. The normalized spacial score (nSPS) is 14.5. The lowest BCUT2D eigenvalue weighted by molar-refractivity contribution is -0.117. The first kappa shape index (κ1) is 16.6. The number of amides is 1. The van der Waals surface area contributed by atoms with Crippen molar-refractivity contribution in [3.05, 3.63) is 36.2 Å². The zero-order valence-electron chi connectivity index (χ0n) is 13.7. The quantitative estimate of drug-likeness (QED) is 0.666. The largest absolute Gasteiger partial charge is 0.310 e. The van der Waals surface area contributed by atoms with Gasteiger partial charge in [0.25, 0.3) is 10.1 Å². The van der Waals surface area contributed by atoms with E-state index in [4.69, 9.17) is 4.55 Å². The third-order valence-corrected chi connectivity index (χ3v) is 4.91. The van der Waals surface area contributed by atoms with Crippen LogP contribution in [0.4, 0.5) is 5.82 Å². The van der Waals surface area contributed by atoms with Crippen LogP contribution in [0.5, 0.6) is 0 Å². The number of carbonyl (C=O) groups excluding carboxylic acids is 1. The fourth-order valence-corrected chi connectivity index (χ4v) is 3.08. The average molecular weight is 373 g/mol. The summed E-state index contributed by atoms with van der Waals surface area (Å²) >= 11 is 0. The van der Waals surface area contributed by atoms with Crippen LogP contribution in [0.25, 0.3) is 17.0 Å². The number of aromatic nitrogens is 4. The molecule has 0 unspecified atom stereocenters. The Morgan fingerprint density at radius 2 is 1.92 bits per heavy atom. The molecule has 0 bridgehead atoms. The zero-order valence-corrected chi connectivity index (χ0v) is 14.6. The van der Waals surface area contributed by atoms with Crippen LogP contribution in [0, 0.1) is 12.8 Å². The first-order chi connectivity index (χ1) is 12.3. The minimum absolute atomic E-state index is 0.0325. The fraction of sp³-hybridized carbons (Fsp3) is 0.250. The van der Waals surface area contributed by atoms with Crippen molar-refractivity contribution in [3.8, 4) is 11.4 Å². The summed E-state index contributed by atoms with van der Waals surface area (Å²) in [5.41, 5.74) is 1.08. The van der Waals surface area contributed by atoms with Gasteiger partial charge in [0.15, 0.2) is 11.5 Å². The van der Waals surface area contributed by atoms with Crippen molar-refractivity contribution in [2.75, 3.05) is 5.32 Å². The summed E-state index contributed by atoms with van der Waals surface area (Å²) in [7, 11) is -4.28. The SMILES string of the molecule is Cc1nc2cc(NC(=O)C3CC3)nc(-c3ccc(S(=O)(=O)O)cc3)n2n1. The number of hydrogen-bond donors (Lipinski definition) is 2. The first-order valence-electron chi connectivity index (χ1n) is 7.94. The maximum Gasteiger partial charge on any atom is 0.294 e. The Bertz CT molecular complexity index is 1120. The predicted molar refractivity (Wildman–Crippen MR) is 92.1 cm³/mol. The molecule has 1 fully saturated rings. The average Bonchev–Trinajstić information content (AvgIpc) is 3.35. The molecule has 1 saturated carbocycles. The van der Waals surface area contributed by atoms with Crippen LogP contribution in [0.1, 0.15) is 18.7 Å². The molecule has 1 amide bonds. The molecule has 9 nitrogen and oxygen atoms in total. The molecule has 3 aromatic rings. The molecule has 0 atom stereocenters. The molecule has 1 aliphatic carbocycles. The number of hydrogen-bond acceptors (Lipinski definition) is 6. The highest BCUT2D eigenvalue weighted by atomic mass is 32.2. The molecule has 134 valence electrons. The number of nitrogens with zero attached hydrogens (tertiary/aromatic N) is 4.